The molecule has 0 saturated carbocycles. The lowest BCUT2D eigenvalue weighted by Crippen LogP contribution is -2.63. The Hall–Kier alpha value is -12.8. The third-order valence-corrected chi connectivity index (χ3v) is 19.5. The highest BCUT2D eigenvalue weighted by atomic mass is 16.4. The predicted octanol–water partition coefficient (Wildman–Crippen LogP) is -11.4. The highest BCUT2D eigenvalue weighted by Crippen LogP contribution is 2.17. The minimum Gasteiger partial charge on any atom is -0.508 e. The van der Waals surface area contributed by atoms with Gasteiger partial charge in [0.1, 0.15) is 90.3 Å². The lowest BCUT2D eigenvalue weighted by atomic mass is 9.96. The Bertz CT molecular complexity index is 4040. The van der Waals surface area contributed by atoms with Crippen LogP contribution in [0.3, 0.4) is 0 Å². The quantitative estimate of drug-likeness (QED) is 0.0166. The average molecular weight is 1790 g/mol. The van der Waals surface area contributed by atoms with Crippen molar-refractivity contribution < 1.29 is 132 Å². The van der Waals surface area contributed by atoms with Crippen molar-refractivity contribution in [3.05, 3.63) is 48.0 Å². The summed E-state index contributed by atoms with van der Waals surface area (Å²) in [5.41, 5.74) is 22.4. The molecule has 0 unspecified atom stereocenters. The lowest BCUT2D eigenvalue weighted by Gasteiger charge is -2.30. The van der Waals surface area contributed by atoms with Crippen molar-refractivity contribution in [2.75, 3.05) is 39.5 Å². The van der Waals surface area contributed by atoms with Gasteiger partial charge < -0.3 is 154 Å². The number of aliphatic hydroxyl groups is 5. The van der Waals surface area contributed by atoms with E-state index < -0.39 is 298 Å². The summed E-state index contributed by atoms with van der Waals surface area (Å²) < 4.78 is 0. The van der Waals surface area contributed by atoms with Crippen LogP contribution in [0.1, 0.15) is 138 Å². The van der Waals surface area contributed by atoms with Gasteiger partial charge in [0.25, 0.3) is 0 Å². The Morgan fingerprint density at radius 3 is 1.29 bits per heavy atom. The molecule has 0 aliphatic carbocycles. The molecule has 18 atom stereocenters. The van der Waals surface area contributed by atoms with Gasteiger partial charge in [-0.25, -0.2) is 9.78 Å². The number of phenolic OH excluding ortho intramolecular Hbond substituents is 1. The van der Waals surface area contributed by atoms with Crippen LogP contribution < -0.4 is 108 Å². The number of rotatable bonds is 59. The van der Waals surface area contributed by atoms with Crippen LogP contribution in [-0.4, -0.2) is 305 Å². The molecule has 704 valence electrons. The number of nitrogens with two attached hydrogens (primary N) is 4. The van der Waals surface area contributed by atoms with Crippen LogP contribution in [0.25, 0.3) is 0 Å². The first-order valence-corrected chi connectivity index (χ1v) is 40.4. The van der Waals surface area contributed by atoms with E-state index in [4.69, 9.17) is 33.5 Å². The number of H-pyrrole nitrogens is 1. The van der Waals surface area contributed by atoms with E-state index >= 15 is 0 Å². The number of carboxylic acids is 2. The Kier molecular flexibility index (Phi) is 48.1. The van der Waals surface area contributed by atoms with Gasteiger partial charge in [-0.2, -0.15) is 0 Å². The van der Waals surface area contributed by atoms with Crippen LogP contribution >= 0.6 is 0 Å². The average Bonchev–Trinajstić information content (AvgIpc) is 1.08. The first-order chi connectivity index (χ1) is 59.1. The van der Waals surface area contributed by atoms with E-state index in [1.54, 1.807) is 27.7 Å². The SMILES string of the molecule is CC[C@H](C)[C@H](NC(=O)CNC(=O)[C@H](CC(N)=O)NC(=O)[C@H](CO)NC(=O)[C@H](Cc1c[nH]cn1)NC(=O)[C@@H](NC(=O)[C@@H](NC(=O)[C@H](CO)NC(=O)[C@H](CCC(N)=O)NC(=O)[C@H](CO)NC(=O)[C@H](CO)NC(=O)[C@@H](N)CCCNC(=N)N)[C@@H](C)CC)C(C)C)C(=O)N[C@H](C(=O)N[C@@H](Cc1ccc(O)cc1)C(=O)N[C@@H](CC(C)C)C(=O)N[C@@H](CCC(=O)O)C(=O)O)[C@@H](C)O. The number of benzene rings is 1. The number of primary amides is 2. The number of carboxylic acid groups (broad SMARTS) is 2. The monoisotopic (exact) mass is 1790 g/mol. The van der Waals surface area contributed by atoms with E-state index in [0.29, 0.717) is 5.56 Å². The number of imidazole rings is 1. The van der Waals surface area contributed by atoms with Gasteiger partial charge in [-0.3, -0.25) is 91.7 Å². The number of aromatic hydroxyl groups is 1. The summed E-state index contributed by atoms with van der Waals surface area (Å²) in [5.74, 6) is -25.6. The first-order valence-electron chi connectivity index (χ1n) is 40.4. The van der Waals surface area contributed by atoms with Crippen molar-refractivity contribution in [3.63, 3.8) is 0 Å². The standard InChI is InChI=1S/C76H123N23O27/c1-10-36(7)58(72(122)99-60(38(9)104)74(124)90-46(24-39-14-16-41(105)17-15-39)65(115)88-45(23-34(3)4)64(114)87-44(75(125)126)19-21-56(109)110)96-55(108)28-84-62(112)48(26-54(79)107)89-68(118)51(31-102)94-66(116)47(25-40-27-82-33-85-40)91-71(121)57(35(5)6)97-73(123)59(37(8)11-2)98-70(120)52(32-103)93-63(113)43(18-20-53(78)106)86-67(117)50(30-101)95-69(119)49(29-100)92-61(111)42(77)13-12-22-83-76(80)81/h14-17,27,33-38,42-52,57-60,100-105H,10-13,18-26,28-32,77H2,1-9H3,(H2,78,106)(H2,79,107)(H,82,85)(H,84,112)(H,86,117)(H,87,114)(H,88,115)(H,89,118)(H,90,124)(H,91,121)(H,92,111)(H,93,113)(H,94,116)(H,95,119)(H,96,108)(H,97,123)(H,98,120)(H,99,122)(H,109,110)(H,125,126)(H4,80,81,83)/t36-,37-,38+,42-,43-,44-,45-,46-,47-,48-,49-,50-,51-,52-,57-,58-,59-,60-/m0/s1. The molecule has 0 aliphatic heterocycles. The molecule has 0 radical (unpaired) electrons. The summed E-state index contributed by atoms with van der Waals surface area (Å²) in [5, 5.41) is 125. The van der Waals surface area contributed by atoms with Gasteiger partial charge in [-0.15, -0.1) is 0 Å². The summed E-state index contributed by atoms with van der Waals surface area (Å²) in [6, 6.07) is -20.4. The van der Waals surface area contributed by atoms with Crippen LogP contribution in [0, 0.1) is 29.1 Å². The molecule has 0 saturated heterocycles. The third kappa shape index (κ3) is 38.9. The molecule has 0 spiro atoms. The van der Waals surface area contributed by atoms with Crippen molar-refractivity contribution >= 4 is 118 Å². The Morgan fingerprint density at radius 1 is 0.444 bits per heavy atom. The number of carbonyl (C=O) groups excluding carboxylic acids is 17. The number of amides is 17. The van der Waals surface area contributed by atoms with Gasteiger partial charge >= 0.3 is 11.9 Å². The van der Waals surface area contributed by atoms with Gasteiger partial charge in [-0.05, 0) is 80.4 Å². The highest BCUT2D eigenvalue weighted by molar-refractivity contribution is 6.01. The molecule has 126 heavy (non-hydrogen) atoms. The predicted molar refractivity (Wildman–Crippen MR) is 441 cm³/mol. The zero-order valence-electron chi connectivity index (χ0n) is 71.3. The van der Waals surface area contributed by atoms with Gasteiger partial charge in [0.05, 0.1) is 63.6 Å². The maximum Gasteiger partial charge on any atom is 0.326 e. The second-order valence-electron chi connectivity index (χ2n) is 30.6. The van der Waals surface area contributed by atoms with Crippen LogP contribution in [0.2, 0.25) is 0 Å². The lowest BCUT2D eigenvalue weighted by molar-refractivity contribution is -0.143. The van der Waals surface area contributed by atoms with Crippen molar-refractivity contribution in [2.45, 2.75) is 236 Å². The molecule has 17 amide bonds. The molecule has 1 heterocycles. The molecular weight excluding hydrogens is 1670 g/mol. The van der Waals surface area contributed by atoms with E-state index in [-0.39, 0.29) is 68.4 Å². The first kappa shape index (κ1) is 109. The highest BCUT2D eigenvalue weighted by Gasteiger charge is 2.41. The van der Waals surface area contributed by atoms with Crippen molar-refractivity contribution in [2.24, 2.45) is 46.6 Å². The topological polar surface area (TPSA) is 835 Å². The summed E-state index contributed by atoms with van der Waals surface area (Å²) in [6.07, 6.45) is -2.83. The molecule has 50 heteroatoms. The molecule has 1 aromatic heterocycles. The fourth-order valence-corrected chi connectivity index (χ4v) is 11.9. The van der Waals surface area contributed by atoms with Crippen LogP contribution in [0.4, 0.5) is 0 Å². The number of guanidine groups is 1. The zero-order valence-corrected chi connectivity index (χ0v) is 71.3. The number of aliphatic hydroxyl groups excluding tert-OH is 5. The number of phenols is 1. The van der Waals surface area contributed by atoms with Crippen LogP contribution in [0.5, 0.6) is 5.75 Å². The summed E-state index contributed by atoms with van der Waals surface area (Å²) in [4.78, 5) is 263. The van der Waals surface area contributed by atoms with Crippen molar-refractivity contribution in [3.8, 4) is 5.75 Å². The molecular formula is C76H123N23O27. The number of nitrogens with zero attached hydrogens (tertiary/aromatic N) is 1. The van der Waals surface area contributed by atoms with E-state index in [1.165, 1.54) is 64.5 Å². The molecule has 0 bridgehead atoms. The number of nitrogens with one attached hydrogen (secondary N) is 18. The minimum atomic E-state index is -2.01. The maximum atomic E-state index is 14.4. The normalized spacial score (nSPS) is 15.4. The minimum absolute atomic E-state index is 0.0379. The molecule has 2 rings (SSSR count). The van der Waals surface area contributed by atoms with Gasteiger partial charge in [0, 0.05) is 38.4 Å². The molecule has 0 aliphatic rings. The zero-order chi connectivity index (χ0) is 95.5. The Labute approximate surface area is 724 Å². The number of aromatic nitrogens is 2. The van der Waals surface area contributed by atoms with Crippen LogP contribution in [0.15, 0.2) is 36.8 Å². The second kappa shape index (κ2) is 55.4. The van der Waals surface area contributed by atoms with Gasteiger partial charge in [0.15, 0.2) is 5.96 Å². The number of aromatic amines is 1. The van der Waals surface area contributed by atoms with E-state index in [9.17, 15) is 127 Å². The summed E-state index contributed by atoms with van der Waals surface area (Å²) in [7, 11) is 0. The van der Waals surface area contributed by atoms with Crippen molar-refractivity contribution in [1.82, 2.24) is 95.0 Å². The van der Waals surface area contributed by atoms with Crippen LogP contribution in [-0.2, 0) is 104 Å². The number of hydrogen-bond donors (Lipinski definition) is 30. The van der Waals surface area contributed by atoms with E-state index in [0.717, 1.165) is 6.92 Å². The maximum absolute atomic E-state index is 14.4. The fourth-order valence-electron chi connectivity index (χ4n) is 11.9. The number of carbonyl (C=O) groups is 19. The van der Waals surface area contributed by atoms with Gasteiger partial charge in [0.2, 0.25) is 100 Å². The summed E-state index contributed by atoms with van der Waals surface area (Å²) in [6.45, 7) is 8.20. The third-order valence-electron chi connectivity index (χ3n) is 19.5. The molecule has 2 aromatic rings. The number of aliphatic carboxylic acids is 2. The smallest absolute Gasteiger partial charge is 0.326 e. The largest absolute Gasteiger partial charge is 0.508 e. The van der Waals surface area contributed by atoms with E-state index in [1.807, 2.05) is 0 Å². The van der Waals surface area contributed by atoms with E-state index in [2.05, 4.69) is 95.0 Å². The second-order valence-corrected chi connectivity index (χ2v) is 30.6. The molecule has 50 nitrogen and oxygen atoms in total. The Balaban J connectivity index is 2.36. The summed E-state index contributed by atoms with van der Waals surface area (Å²) >= 11 is 0. The molecule has 0 fully saturated rings. The molecule has 1 aromatic carbocycles. The molecule has 34 N–H and O–H groups in total. The number of hydrogen-bond acceptors (Lipinski definition) is 28. The fraction of sp³-hybridized carbons (Fsp3) is 0.618. The van der Waals surface area contributed by atoms with Gasteiger partial charge in [-0.1, -0.05) is 80.4 Å². The Morgan fingerprint density at radius 2 is 0.849 bits per heavy atom. The van der Waals surface area contributed by atoms with Crippen molar-refractivity contribution in [1.29, 1.82) is 5.41 Å².